The van der Waals surface area contributed by atoms with Crippen LogP contribution in [0.1, 0.15) is 24.4 Å². The first-order chi connectivity index (χ1) is 11.1. The van der Waals surface area contributed by atoms with Crippen LogP contribution < -0.4 is 0 Å². The molecule has 1 aromatic carbocycles. The molecule has 2 aromatic rings. The van der Waals surface area contributed by atoms with Crippen LogP contribution in [0.15, 0.2) is 30.6 Å². The molecule has 6 heteroatoms. The van der Waals surface area contributed by atoms with E-state index in [0.29, 0.717) is 0 Å². The van der Waals surface area contributed by atoms with Crippen LogP contribution in [0.4, 0.5) is 8.78 Å². The van der Waals surface area contributed by atoms with Gasteiger partial charge in [-0.25, -0.2) is 13.8 Å². The summed E-state index contributed by atoms with van der Waals surface area (Å²) in [5, 5.41) is 0. The first-order valence-corrected chi connectivity index (χ1v) is 7.93. The summed E-state index contributed by atoms with van der Waals surface area (Å²) in [5.41, 5.74) is 0.171. The predicted octanol–water partition coefficient (Wildman–Crippen LogP) is 2.58. The van der Waals surface area contributed by atoms with Gasteiger partial charge in [0.25, 0.3) is 0 Å². The third kappa shape index (κ3) is 3.43. The van der Waals surface area contributed by atoms with Crippen LogP contribution in [0, 0.1) is 11.6 Å². The fraction of sp³-hybridized carbons (Fsp3) is 0.471. The highest BCUT2D eigenvalue weighted by Gasteiger charge is 2.26. The molecule has 1 atom stereocenters. The molecule has 1 aliphatic heterocycles. The third-order valence-electron chi connectivity index (χ3n) is 4.66. The van der Waals surface area contributed by atoms with Crippen molar-refractivity contribution in [2.45, 2.75) is 19.5 Å². The minimum atomic E-state index is -0.465. The standard InChI is InChI=1S/C17H22F2N4/c1-13(17-14(18)4-3-5-15(17)19)23-10-8-22(9-11-23)12-16-20-6-7-21(16)2/h3-7,13H,8-12H2,1-2H3/t13-/m0/s1. The van der Waals surface area contributed by atoms with Crippen LogP contribution in [-0.2, 0) is 13.6 Å². The lowest BCUT2D eigenvalue weighted by molar-refractivity contribution is 0.0930. The average molecular weight is 320 g/mol. The summed E-state index contributed by atoms with van der Waals surface area (Å²) in [6.45, 7) is 5.99. The van der Waals surface area contributed by atoms with Crippen molar-refractivity contribution < 1.29 is 8.78 Å². The second-order valence-electron chi connectivity index (χ2n) is 6.08. The van der Waals surface area contributed by atoms with Crippen molar-refractivity contribution in [1.82, 2.24) is 19.4 Å². The first-order valence-electron chi connectivity index (χ1n) is 7.93. The highest BCUT2D eigenvalue weighted by molar-refractivity contribution is 5.23. The van der Waals surface area contributed by atoms with Gasteiger partial charge >= 0.3 is 0 Å². The SMILES string of the molecule is C[C@@H](c1c(F)cccc1F)N1CCN(Cc2nccn2C)CC1. The Bertz CT molecular complexity index is 642. The molecule has 23 heavy (non-hydrogen) atoms. The van der Waals surface area contributed by atoms with Crippen LogP contribution >= 0.6 is 0 Å². The third-order valence-corrected chi connectivity index (χ3v) is 4.66. The molecule has 0 bridgehead atoms. The maximum absolute atomic E-state index is 13.9. The molecular weight excluding hydrogens is 298 g/mol. The Kier molecular flexibility index (Phi) is 4.73. The monoisotopic (exact) mass is 320 g/mol. The summed E-state index contributed by atoms with van der Waals surface area (Å²) in [6, 6.07) is 3.80. The van der Waals surface area contributed by atoms with Gasteiger partial charge < -0.3 is 4.57 Å². The quantitative estimate of drug-likeness (QED) is 0.865. The Labute approximate surface area is 135 Å². The van der Waals surface area contributed by atoms with Crippen LogP contribution in [-0.4, -0.2) is 45.5 Å². The molecule has 124 valence electrons. The first kappa shape index (κ1) is 16.1. The van der Waals surface area contributed by atoms with Crippen molar-refractivity contribution in [3.05, 3.63) is 53.6 Å². The largest absolute Gasteiger partial charge is 0.337 e. The second-order valence-corrected chi connectivity index (χ2v) is 6.08. The Morgan fingerprint density at radius 3 is 2.35 bits per heavy atom. The summed E-state index contributed by atoms with van der Waals surface area (Å²) >= 11 is 0. The van der Waals surface area contributed by atoms with Crippen molar-refractivity contribution in [1.29, 1.82) is 0 Å². The summed E-state index contributed by atoms with van der Waals surface area (Å²) < 4.78 is 29.9. The minimum absolute atomic E-state index is 0.171. The van der Waals surface area contributed by atoms with Gasteiger partial charge in [-0.2, -0.15) is 0 Å². The van der Waals surface area contributed by atoms with Crippen molar-refractivity contribution in [2.75, 3.05) is 26.2 Å². The molecule has 0 spiro atoms. The molecule has 0 amide bonds. The summed E-state index contributed by atoms with van der Waals surface area (Å²) in [4.78, 5) is 8.80. The summed E-state index contributed by atoms with van der Waals surface area (Å²) in [5.74, 6) is 0.104. The Morgan fingerprint density at radius 2 is 1.78 bits per heavy atom. The molecule has 1 fully saturated rings. The zero-order chi connectivity index (χ0) is 16.4. The van der Waals surface area contributed by atoms with Gasteiger partial charge in [-0.05, 0) is 19.1 Å². The van der Waals surface area contributed by atoms with Gasteiger partial charge in [0.05, 0.1) is 6.54 Å². The van der Waals surface area contributed by atoms with Gasteiger partial charge in [0, 0.05) is 57.2 Å². The predicted molar refractivity (Wildman–Crippen MR) is 84.8 cm³/mol. The number of aromatic nitrogens is 2. The van der Waals surface area contributed by atoms with Crippen LogP contribution in [0.5, 0.6) is 0 Å². The van der Waals surface area contributed by atoms with E-state index in [1.54, 1.807) is 6.20 Å². The Balaban J connectivity index is 1.61. The minimum Gasteiger partial charge on any atom is -0.337 e. The maximum Gasteiger partial charge on any atom is 0.130 e. The molecule has 1 aliphatic rings. The van der Waals surface area contributed by atoms with Crippen LogP contribution in [0.25, 0.3) is 0 Å². The number of aryl methyl sites for hydroxylation is 1. The summed E-state index contributed by atoms with van der Waals surface area (Å²) in [7, 11) is 1.99. The van der Waals surface area contributed by atoms with Crippen LogP contribution in [0.3, 0.4) is 0 Å². The van der Waals surface area contributed by atoms with E-state index in [0.717, 1.165) is 38.5 Å². The molecular formula is C17H22F2N4. The molecule has 1 aromatic heterocycles. The molecule has 3 rings (SSSR count). The number of hydrogen-bond donors (Lipinski definition) is 0. The van der Waals surface area contributed by atoms with E-state index < -0.39 is 11.6 Å². The van der Waals surface area contributed by atoms with Crippen molar-refractivity contribution in [3.63, 3.8) is 0 Å². The highest BCUT2D eigenvalue weighted by atomic mass is 19.1. The van der Waals surface area contributed by atoms with Gasteiger partial charge in [-0.1, -0.05) is 6.07 Å². The summed E-state index contributed by atoms with van der Waals surface area (Å²) in [6.07, 6.45) is 3.74. The van der Waals surface area contributed by atoms with Gasteiger partial charge in [-0.3, -0.25) is 9.80 Å². The number of halogens is 2. The molecule has 2 heterocycles. The Morgan fingerprint density at radius 1 is 1.13 bits per heavy atom. The average Bonchev–Trinajstić information content (AvgIpc) is 2.93. The molecule has 1 saturated heterocycles. The van der Waals surface area contributed by atoms with Gasteiger partial charge in [0.2, 0.25) is 0 Å². The molecule has 4 nitrogen and oxygen atoms in total. The van der Waals surface area contributed by atoms with E-state index in [1.165, 1.54) is 18.2 Å². The van der Waals surface area contributed by atoms with Crippen molar-refractivity contribution >= 4 is 0 Å². The van der Waals surface area contributed by atoms with Crippen LogP contribution in [0.2, 0.25) is 0 Å². The smallest absolute Gasteiger partial charge is 0.130 e. The topological polar surface area (TPSA) is 24.3 Å². The van der Waals surface area contributed by atoms with E-state index >= 15 is 0 Å². The normalized spacial score (nSPS) is 18.3. The van der Waals surface area contributed by atoms with E-state index in [-0.39, 0.29) is 11.6 Å². The fourth-order valence-corrected chi connectivity index (χ4v) is 3.15. The van der Waals surface area contributed by atoms with E-state index in [4.69, 9.17) is 0 Å². The molecule has 0 unspecified atom stereocenters. The van der Waals surface area contributed by atoms with E-state index in [1.807, 2.05) is 24.7 Å². The number of nitrogens with zero attached hydrogens (tertiary/aromatic N) is 4. The molecule has 0 N–H and O–H groups in total. The van der Waals surface area contributed by atoms with Crippen molar-refractivity contribution in [2.24, 2.45) is 7.05 Å². The Hall–Kier alpha value is -1.79. The van der Waals surface area contributed by atoms with E-state index in [2.05, 4.69) is 14.8 Å². The van der Waals surface area contributed by atoms with Gasteiger partial charge in [0.15, 0.2) is 0 Å². The zero-order valence-electron chi connectivity index (χ0n) is 13.5. The molecule has 0 aliphatic carbocycles. The van der Waals surface area contributed by atoms with Crippen molar-refractivity contribution in [3.8, 4) is 0 Å². The highest BCUT2D eigenvalue weighted by Crippen LogP contribution is 2.26. The number of piperazine rings is 1. The fourth-order valence-electron chi connectivity index (χ4n) is 3.15. The lowest BCUT2D eigenvalue weighted by atomic mass is 10.0. The second kappa shape index (κ2) is 6.76. The molecule has 0 radical (unpaired) electrons. The number of imidazole rings is 1. The zero-order valence-corrected chi connectivity index (χ0v) is 13.5. The van der Waals surface area contributed by atoms with E-state index in [9.17, 15) is 8.78 Å². The molecule has 0 saturated carbocycles. The lowest BCUT2D eigenvalue weighted by Crippen LogP contribution is -2.47. The van der Waals surface area contributed by atoms with Gasteiger partial charge in [0.1, 0.15) is 17.5 Å². The maximum atomic E-state index is 13.9. The number of rotatable bonds is 4. The number of benzene rings is 1. The lowest BCUT2D eigenvalue weighted by Gasteiger charge is -2.38. The van der Waals surface area contributed by atoms with Gasteiger partial charge in [-0.15, -0.1) is 0 Å². The number of hydrogen-bond acceptors (Lipinski definition) is 3.